The Morgan fingerprint density at radius 1 is 0.529 bits per heavy atom. The van der Waals surface area contributed by atoms with Crippen LogP contribution in [-0.4, -0.2) is 52.4 Å². The van der Waals surface area contributed by atoms with Crippen molar-refractivity contribution >= 4 is 0 Å². The smallest absolute Gasteiger partial charge is 6.00 e. The second-order valence-electron chi connectivity index (χ2n) is 3.39. The molecule has 1 rings (SSSR count). The normalized spacial score (nSPS) is 19.9. The van der Waals surface area contributed by atoms with Crippen molar-refractivity contribution in [3.05, 3.63) is 21.3 Å². The van der Waals surface area contributed by atoms with E-state index in [1.54, 1.807) is 0 Å². The molecule has 0 radical (unpaired) electrons. The van der Waals surface area contributed by atoms with E-state index in [1.807, 2.05) is 0 Å². The summed E-state index contributed by atoms with van der Waals surface area (Å²) in [6.07, 6.45) is 2.17. The molecule has 96 valence electrons. The van der Waals surface area contributed by atoms with Gasteiger partial charge in [-0.1, -0.05) is 12.8 Å². The minimum Gasteiger partial charge on any atom is 6.00 e. The molecular formula is C10H20N5ORu+3. The fourth-order valence-electron chi connectivity index (χ4n) is 1.32. The summed E-state index contributed by atoms with van der Waals surface area (Å²) in [6, 6.07) is 0. The largest absolute Gasteiger partial charge is 6.00 e. The first-order valence-corrected chi connectivity index (χ1v) is 5.71. The zero-order valence-electron chi connectivity index (χ0n) is 10.1. The van der Waals surface area contributed by atoms with Crippen LogP contribution >= 0.6 is 0 Å². The molecule has 0 bridgehead atoms. The van der Waals surface area contributed by atoms with Crippen molar-refractivity contribution in [2.45, 2.75) is 12.8 Å². The van der Waals surface area contributed by atoms with Crippen LogP contribution in [0.5, 0.6) is 0 Å². The first kappa shape index (κ1) is 19.5. The molecule has 0 aromatic carbocycles. The molecule has 0 atom stereocenters. The minimum absolute atomic E-state index is 0. The molecule has 6 nitrogen and oxygen atoms in total. The van der Waals surface area contributed by atoms with E-state index in [-0.39, 0.29) is 19.5 Å². The van der Waals surface area contributed by atoms with E-state index in [2.05, 4.69) is 21.3 Å². The fourth-order valence-corrected chi connectivity index (χ4v) is 1.32. The standard InChI is InChI=1S/C10H20N4.NO.Ru/c1-3-11-7-9-13-5-2-6-14-10-8-12-4-1;1-2;/h1-10H2;;/q-4;+1;+6. The van der Waals surface area contributed by atoms with Crippen LogP contribution in [0.4, 0.5) is 0 Å². The van der Waals surface area contributed by atoms with E-state index in [0.717, 1.165) is 65.2 Å². The van der Waals surface area contributed by atoms with E-state index >= 15 is 0 Å². The molecular weight excluding hydrogens is 307 g/mol. The van der Waals surface area contributed by atoms with Gasteiger partial charge in [-0.05, 0) is 0 Å². The van der Waals surface area contributed by atoms with Gasteiger partial charge in [-0.25, -0.2) is 0 Å². The fraction of sp³-hybridized carbons (Fsp3) is 1.00. The molecule has 0 unspecified atom stereocenters. The second kappa shape index (κ2) is 18.5. The molecule has 17 heavy (non-hydrogen) atoms. The summed E-state index contributed by atoms with van der Waals surface area (Å²) in [4.78, 5) is 0. The predicted octanol–water partition coefficient (Wildman–Crippen LogP) is 2.17. The molecule has 0 N–H and O–H groups in total. The average Bonchev–Trinajstić information content (AvgIpc) is 2.35. The molecule has 1 fully saturated rings. The third-order valence-corrected chi connectivity index (χ3v) is 2.10. The molecule has 1 aliphatic heterocycles. The van der Waals surface area contributed by atoms with Gasteiger partial charge in [0.15, 0.2) is 0 Å². The Labute approximate surface area is 116 Å². The quantitative estimate of drug-likeness (QED) is 0.494. The van der Waals surface area contributed by atoms with Crippen molar-refractivity contribution in [3.63, 3.8) is 0 Å². The maximum absolute atomic E-state index is 7.25. The van der Waals surface area contributed by atoms with E-state index < -0.39 is 0 Å². The van der Waals surface area contributed by atoms with Crippen molar-refractivity contribution in [2.75, 3.05) is 52.4 Å². The SMILES string of the molecule is C1C[N-]CC[N-]CCC[N-]CC[N-]C1.N#[O+].[Ru+6]. The van der Waals surface area contributed by atoms with Gasteiger partial charge in [-0.15, -0.1) is 0 Å². The molecule has 1 saturated heterocycles. The summed E-state index contributed by atoms with van der Waals surface area (Å²) in [7, 11) is 0. The first-order chi connectivity index (χ1) is 8.00. The Bertz CT molecular complexity index is 106. The van der Waals surface area contributed by atoms with Gasteiger partial charge in [0.2, 0.25) is 0 Å². The van der Waals surface area contributed by atoms with Gasteiger partial charge < -0.3 is 21.3 Å². The van der Waals surface area contributed by atoms with Crippen LogP contribution in [0.3, 0.4) is 0 Å². The van der Waals surface area contributed by atoms with Crippen LogP contribution in [0, 0.1) is 5.46 Å². The van der Waals surface area contributed by atoms with Crippen molar-refractivity contribution in [1.82, 2.24) is 0 Å². The van der Waals surface area contributed by atoms with E-state index in [4.69, 9.17) is 10.2 Å². The Morgan fingerprint density at radius 3 is 1.00 bits per heavy atom. The number of hydrogen-bond donors (Lipinski definition) is 0. The van der Waals surface area contributed by atoms with Crippen LogP contribution in [-0.2, 0) is 24.3 Å². The van der Waals surface area contributed by atoms with Crippen LogP contribution in [0.2, 0.25) is 0 Å². The summed E-state index contributed by atoms with van der Waals surface area (Å²) >= 11 is 0. The molecule has 7 heteroatoms. The first-order valence-electron chi connectivity index (χ1n) is 5.71. The molecule has 0 amide bonds. The molecule has 0 saturated carbocycles. The third kappa shape index (κ3) is 16.1. The monoisotopic (exact) mass is 328 g/mol. The number of rotatable bonds is 0. The zero-order chi connectivity index (χ0) is 11.9. The van der Waals surface area contributed by atoms with E-state index in [9.17, 15) is 0 Å². The molecule has 0 aliphatic carbocycles. The predicted molar refractivity (Wildman–Crippen MR) is 64.0 cm³/mol. The van der Waals surface area contributed by atoms with Crippen molar-refractivity contribution in [1.29, 1.82) is 5.46 Å². The van der Waals surface area contributed by atoms with Crippen LogP contribution < -0.4 is 0 Å². The summed E-state index contributed by atoms with van der Waals surface area (Å²) in [5.74, 6) is 0. The average molecular weight is 327 g/mol. The molecule has 0 aromatic rings. The van der Waals surface area contributed by atoms with Crippen molar-refractivity contribution in [3.8, 4) is 0 Å². The van der Waals surface area contributed by atoms with Gasteiger partial charge in [0.05, 0.1) is 0 Å². The van der Waals surface area contributed by atoms with Crippen LogP contribution in [0.15, 0.2) is 0 Å². The molecule has 1 aliphatic rings. The minimum atomic E-state index is 0. The number of hydrogen-bond acceptors (Lipinski definition) is 1. The maximum atomic E-state index is 7.25. The van der Waals surface area contributed by atoms with Crippen molar-refractivity contribution < 1.29 is 24.3 Å². The Balaban J connectivity index is 0. The van der Waals surface area contributed by atoms with Gasteiger partial charge in [-0.2, -0.15) is 52.4 Å². The van der Waals surface area contributed by atoms with Crippen LogP contribution in [0.1, 0.15) is 12.8 Å². The van der Waals surface area contributed by atoms with E-state index in [0.29, 0.717) is 0 Å². The van der Waals surface area contributed by atoms with Gasteiger partial charge in [0.1, 0.15) is 0 Å². The summed E-state index contributed by atoms with van der Waals surface area (Å²) in [6.45, 7) is 7.31. The van der Waals surface area contributed by atoms with Crippen molar-refractivity contribution in [2.24, 2.45) is 0 Å². The van der Waals surface area contributed by atoms with Crippen LogP contribution in [0.25, 0.3) is 21.3 Å². The molecule has 1 heterocycles. The van der Waals surface area contributed by atoms with E-state index in [1.165, 1.54) is 0 Å². The summed E-state index contributed by atoms with van der Waals surface area (Å²) in [5.41, 5.74) is 5.75. The second-order valence-corrected chi connectivity index (χ2v) is 3.39. The Kier molecular flexibility index (Phi) is 21.2. The molecule has 0 aromatic heterocycles. The molecule has 0 spiro atoms. The maximum Gasteiger partial charge on any atom is 6.00 e. The number of nitrogens with zero attached hydrogens (tertiary/aromatic N) is 5. The summed E-state index contributed by atoms with van der Waals surface area (Å²) in [5, 5.41) is 17.5. The van der Waals surface area contributed by atoms with Gasteiger partial charge >= 0.3 is 29.7 Å². The summed E-state index contributed by atoms with van der Waals surface area (Å²) < 4.78 is 7.25. The van der Waals surface area contributed by atoms with Gasteiger partial charge in [0.25, 0.3) is 0 Å². The van der Waals surface area contributed by atoms with Gasteiger partial charge in [0, 0.05) is 0 Å². The topological polar surface area (TPSA) is 100 Å². The third-order valence-electron chi connectivity index (χ3n) is 2.10. The van der Waals surface area contributed by atoms with Gasteiger partial charge in [-0.3, -0.25) is 0 Å². The Morgan fingerprint density at radius 2 is 0.765 bits per heavy atom. The zero-order valence-corrected chi connectivity index (χ0v) is 11.8. The Hall–Kier alpha value is 0.133.